The van der Waals surface area contributed by atoms with Gasteiger partial charge in [-0.3, -0.25) is 9.78 Å². The number of aromatic amines is 1. The Hall–Kier alpha value is -3.65. The van der Waals surface area contributed by atoms with E-state index in [-0.39, 0.29) is 17.3 Å². The van der Waals surface area contributed by atoms with Gasteiger partial charge in [-0.2, -0.15) is 5.10 Å². The SMILES string of the molecule is O=C(O)Oc1cnn(-c2nc3cc(-c4ccc(Cl)cc4)ccc3c(=O)[nH]2)c1. The minimum atomic E-state index is -1.46. The predicted octanol–water partition coefficient (Wildman–Crippen LogP) is 3.49. The van der Waals surface area contributed by atoms with Crippen molar-refractivity contribution in [2.45, 2.75) is 0 Å². The molecule has 0 radical (unpaired) electrons. The first-order valence-electron chi connectivity index (χ1n) is 7.75. The monoisotopic (exact) mass is 382 g/mol. The second-order valence-electron chi connectivity index (χ2n) is 5.62. The van der Waals surface area contributed by atoms with Crippen LogP contribution in [-0.4, -0.2) is 31.0 Å². The van der Waals surface area contributed by atoms with Gasteiger partial charge in [-0.25, -0.2) is 14.5 Å². The maximum atomic E-state index is 12.4. The number of halogens is 1. The fraction of sp³-hybridized carbons (Fsp3) is 0. The van der Waals surface area contributed by atoms with Crippen LogP contribution in [0.4, 0.5) is 4.79 Å². The van der Waals surface area contributed by atoms with Gasteiger partial charge in [0.05, 0.1) is 23.3 Å². The molecule has 0 amide bonds. The third-order valence-electron chi connectivity index (χ3n) is 3.85. The lowest BCUT2D eigenvalue weighted by molar-refractivity contribution is 0.144. The van der Waals surface area contributed by atoms with E-state index < -0.39 is 6.16 Å². The maximum absolute atomic E-state index is 12.4. The summed E-state index contributed by atoms with van der Waals surface area (Å²) in [5.74, 6) is 0.154. The smallest absolute Gasteiger partial charge is 0.449 e. The maximum Gasteiger partial charge on any atom is 0.511 e. The molecule has 2 N–H and O–H groups in total. The zero-order valence-electron chi connectivity index (χ0n) is 13.6. The topological polar surface area (TPSA) is 110 Å². The predicted molar refractivity (Wildman–Crippen MR) is 98.6 cm³/mol. The number of carboxylic acid groups (broad SMARTS) is 1. The molecule has 0 fully saturated rings. The molecular weight excluding hydrogens is 372 g/mol. The fourth-order valence-electron chi connectivity index (χ4n) is 2.63. The number of fused-ring (bicyclic) bond motifs is 1. The molecule has 2 aromatic heterocycles. The molecule has 0 aliphatic carbocycles. The molecule has 4 rings (SSSR count). The standard InChI is InChI=1S/C18H11ClN4O4/c19-12-4-1-10(2-5-12)11-3-6-14-15(7-11)21-17(22-16(14)24)23-9-13(8-20-23)27-18(25)26/h1-9H,(H,25,26)(H,21,22,24). The van der Waals surface area contributed by atoms with Gasteiger partial charge in [-0.15, -0.1) is 0 Å². The molecule has 9 heteroatoms. The lowest BCUT2D eigenvalue weighted by atomic mass is 10.0. The van der Waals surface area contributed by atoms with Crippen molar-refractivity contribution in [2.75, 3.05) is 0 Å². The molecule has 0 aliphatic heterocycles. The van der Waals surface area contributed by atoms with E-state index in [1.165, 1.54) is 17.1 Å². The summed E-state index contributed by atoms with van der Waals surface area (Å²) in [4.78, 5) is 30.0. The summed E-state index contributed by atoms with van der Waals surface area (Å²) < 4.78 is 5.75. The number of nitrogens with one attached hydrogen (secondary N) is 1. The van der Waals surface area contributed by atoms with Crippen LogP contribution >= 0.6 is 11.6 Å². The third-order valence-corrected chi connectivity index (χ3v) is 4.10. The zero-order valence-corrected chi connectivity index (χ0v) is 14.3. The van der Waals surface area contributed by atoms with Gasteiger partial charge in [0.15, 0.2) is 5.75 Å². The molecule has 0 bridgehead atoms. The van der Waals surface area contributed by atoms with Crippen LogP contribution in [0.15, 0.2) is 59.7 Å². The Morgan fingerprint density at radius 3 is 2.63 bits per heavy atom. The Morgan fingerprint density at radius 1 is 1.15 bits per heavy atom. The number of aromatic nitrogens is 4. The summed E-state index contributed by atoms with van der Waals surface area (Å²) in [7, 11) is 0. The minimum Gasteiger partial charge on any atom is -0.449 e. The molecule has 2 heterocycles. The average molecular weight is 383 g/mol. The number of carbonyl (C=O) groups is 1. The first-order chi connectivity index (χ1) is 13.0. The molecule has 134 valence electrons. The zero-order chi connectivity index (χ0) is 19.0. The second-order valence-corrected chi connectivity index (χ2v) is 6.05. The number of nitrogens with zero attached hydrogens (tertiary/aromatic N) is 3. The third kappa shape index (κ3) is 3.38. The van der Waals surface area contributed by atoms with E-state index in [4.69, 9.17) is 16.7 Å². The van der Waals surface area contributed by atoms with Crippen LogP contribution in [0.25, 0.3) is 28.0 Å². The molecule has 0 saturated heterocycles. The molecule has 0 aliphatic rings. The second kappa shape index (κ2) is 6.58. The highest BCUT2D eigenvalue weighted by atomic mass is 35.5. The first kappa shape index (κ1) is 16.8. The summed E-state index contributed by atoms with van der Waals surface area (Å²) in [6.45, 7) is 0. The van der Waals surface area contributed by atoms with Gasteiger partial charge < -0.3 is 9.84 Å². The van der Waals surface area contributed by atoms with Crippen LogP contribution in [0.1, 0.15) is 0 Å². The van der Waals surface area contributed by atoms with E-state index in [1.807, 2.05) is 18.2 Å². The Bertz CT molecular complexity index is 1210. The molecule has 8 nitrogen and oxygen atoms in total. The minimum absolute atomic E-state index is 0.0140. The van der Waals surface area contributed by atoms with Crippen molar-refractivity contribution < 1.29 is 14.6 Å². The van der Waals surface area contributed by atoms with Gasteiger partial charge in [-0.1, -0.05) is 29.8 Å². The highest BCUT2D eigenvalue weighted by molar-refractivity contribution is 6.30. The van der Waals surface area contributed by atoms with Crippen molar-refractivity contribution in [1.82, 2.24) is 19.7 Å². The van der Waals surface area contributed by atoms with Crippen LogP contribution in [0, 0.1) is 0 Å². The number of ether oxygens (including phenoxy) is 1. The summed E-state index contributed by atoms with van der Waals surface area (Å²) in [5, 5.41) is 13.7. The fourth-order valence-corrected chi connectivity index (χ4v) is 2.76. The van der Waals surface area contributed by atoms with E-state index >= 15 is 0 Å². The van der Waals surface area contributed by atoms with Crippen molar-refractivity contribution in [1.29, 1.82) is 0 Å². The summed E-state index contributed by atoms with van der Waals surface area (Å²) in [6, 6.07) is 12.6. The number of hydrogen-bond donors (Lipinski definition) is 2. The van der Waals surface area contributed by atoms with E-state index in [2.05, 4.69) is 19.8 Å². The van der Waals surface area contributed by atoms with Crippen molar-refractivity contribution in [3.05, 3.63) is 70.2 Å². The molecule has 0 spiro atoms. The normalized spacial score (nSPS) is 10.9. The number of H-pyrrole nitrogens is 1. The van der Waals surface area contributed by atoms with E-state index in [1.54, 1.807) is 24.3 Å². The van der Waals surface area contributed by atoms with Crippen LogP contribution in [0.3, 0.4) is 0 Å². The van der Waals surface area contributed by atoms with Crippen molar-refractivity contribution in [3.8, 4) is 22.8 Å². The highest BCUT2D eigenvalue weighted by Crippen LogP contribution is 2.24. The molecule has 0 saturated carbocycles. The van der Waals surface area contributed by atoms with Crippen molar-refractivity contribution in [2.24, 2.45) is 0 Å². The number of benzene rings is 2. The molecule has 27 heavy (non-hydrogen) atoms. The van der Waals surface area contributed by atoms with Gasteiger partial charge in [0, 0.05) is 5.02 Å². The van der Waals surface area contributed by atoms with Crippen molar-refractivity contribution >= 4 is 28.7 Å². The Balaban J connectivity index is 1.79. The lowest BCUT2D eigenvalue weighted by Crippen LogP contribution is -2.13. The van der Waals surface area contributed by atoms with Gasteiger partial charge in [0.1, 0.15) is 0 Å². The lowest BCUT2D eigenvalue weighted by Gasteiger charge is -2.06. The molecule has 4 aromatic rings. The number of hydrogen-bond acceptors (Lipinski definition) is 5. The summed E-state index contributed by atoms with van der Waals surface area (Å²) in [5.41, 5.74) is 1.94. The average Bonchev–Trinajstić information content (AvgIpc) is 3.09. The van der Waals surface area contributed by atoms with Crippen LogP contribution in [0.5, 0.6) is 5.75 Å². The molecular formula is C18H11ClN4O4. The first-order valence-corrected chi connectivity index (χ1v) is 8.13. The van der Waals surface area contributed by atoms with Crippen LogP contribution in [-0.2, 0) is 0 Å². The molecule has 2 aromatic carbocycles. The summed E-state index contributed by atoms with van der Waals surface area (Å²) >= 11 is 5.92. The Labute approximate surface area is 156 Å². The van der Waals surface area contributed by atoms with Crippen molar-refractivity contribution in [3.63, 3.8) is 0 Å². The quantitative estimate of drug-likeness (QED) is 0.525. The number of rotatable bonds is 3. The largest absolute Gasteiger partial charge is 0.511 e. The van der Waals surface area contributed by atoms with Gasteiger partial charge in [0.25, 0.3) is 5.56 Å². The Morgan fingerprint density at radius 2 is 1.89 bits per heavy atom. The summed E-state index contributed by atoms with van der Waals surface area (Å²) in [6.07, 6.45) is 1.06. The van der Waals surface area contributed by atoms with Crippen LogP contribution < -0.4 is 10.3 Å². The van der Waals surface area contributed by atoms with E-state index in [0.717, 1.165) is 11.1 Å². The van der Waals surface area contributed by atoms with Gasteiger partial charge in [0.2, 0.25) is 5.95 Å². The molecule has 0 unspecified atom stereocenters. The Kier molecular flexibility index (Phi) is 4.09. The highest BCUT2D eigenvalue weighted by Gasteiger charge is 2.10. The van der Waals surface area contributed by atoms with E-state index in [0.29, 0.717) is 15.9 Å². The van der Waals surface area contributed by atoms with E-state index in [9.17, 15) is 9.59 Å². The van der Waals surface area contributed by atoms with Gasteiger partial charge >= 0.3 is 6.16 Å². The molecule has 0 atom stereocenters. The van der Waals surface area contributed by atoms with Gasteiger partial charge in [-0.05, 0) is 35.4 Å². The van der Waals surface area contributed by atoms with Crippen LogP contribution in [0.2, 0.25) is 5.02 Å².